The number of carbonyl (C=O) groups excluding carboxylic acids is 1. The number of carbonyl (C=O) groups is 1. The van der Waals surface area contributed by atoms with Crippen LogP contribution >= 0.6 is 11.3 Å². The molecule has 0 spiro atoms. The molecule has 25 heavy (non-hydrogen) atoms. The van der Waals surface area contributed by atoms with E-state index in [1.165, 1.54) is 6.07 Å². The Hall–Kier alpha value is -1.99. The Bertz CT molecular complexity index is 744. The predicted octanol–water partition coefficient (Wildman–Crippen LogP) is 3.17. The maximum atomic E-state index is 14.4. The molecule has 1 N–H and O–H groups in total. The van der Waals surface area contributed by atoms with Crippen LogP contribution in [0.3, 0.4) is 0 Å². The molecule has 1 aliphatic rings. The second-order valence-electron chi connectivity index (χ2n) is 5.98. The van der Waals surface area contributed by atoms with E-state index in [1.54, 1.807) is 23.5 Å². The molecule has 0 aliphatic carbocycles. The van der Waals surface area contributed by atoms with Crippen molar-refractivity contribution in [1.82, 2.24) is 10.3 Å². The van der Waals surface area contributed by atoms with Crippen LogP contribution in [-0.2, 0) is 11.2 Å². The van der Waals surface area contributed by atoms with Gasteiger partial charge >= 0.3 is 0 Å². The number of hydrogen-bond donors (Lipinski definition) is 1. The summed E-state index contributed by atoms with van der Waals surface area (Å²) in [4.78, 5) is 18.8. The average Bonchev–Trinajstić information content (AvgIpc) is 3.11. The highest BCUT2D eigenvalue weighted by molar-refractivity contribution is 7.09. The van der Waals surface area contributed by atoms with E-state index in [0.717, 1.165) is 17.1 Å². The van der Waals surface area contributed by atoms with Crippen molar-refractivity contribution in [3.8, 4) is 0 Å². The monoisotopic (exact) mass is 363 g/mol. The number of halogens is 1. The van der Waals surface area contributed by atoms with Crippen LogP contribution in [0, 0.1) is 5.82 Å². The topological polar surface area (TPSA) is 54.5 Å². The molecule has 1 amide bonds. The highest BCUT2D eigenvalue weighted by atomic mass is 32.1. The van der Waals surface area contributed by atoms with Crippen LogP contribution in [0.1, 0.15) is 40.9 Å². The van der Waals surface area contributed by atoms with Crippen LogP contribution in [0.4, 0.5) is 10.1 Å². The van der Waals surface area contributed by atoms with Crippen molar-refractivity contribution in [2.45, 2.75) is 26.3 Å². The fourth-order valence-corrected chi connectivity index (χ4v) is 3.59. The number of aryl methyl sites for hydroxylation is 1. The summed E-state index contributed by atoms with van der Waals surface area (Å²) in [7, 11) is 0. The van der Waals surface area contributed by atoms with Crippen molar-refractivity contribution in [2.24, 2.45) is 0 Å². The lowest BCUT2D eigenvalue weighted by atomic mass is 10.1. The summed E-state index contributed by atoms with van der Waals surface area (Å²) in [5.74, 6) is -0.685. The molecule has 5 nitrogen and oxygen atoms in total. The van der Waals surface area contributed by atoms with E-state index < -0.39 is 0 Å². The fraction of sp³-hybridized carbons (Fsp3) is 0.444. The highest BCUT2D eigenvalue weighted by Crippen LogP contribution is 2.22. The number of morpholine rings is 1. The molecule has 0 saturated carbocycles. The van der Waals surface area contributed by atoms with E-state index in [-0.39, 0.29) is 17.8 Å². The van der Waals surface area contributed by atoms with Crippen molar-refractivity contribution in [3.05, 3.63) is 45.7 Å². The van der Waals surface area contributed by atoms with Gasteiger partial charge in [0.2, 0.25) is 0 Å². The summed E-state index contributed by atoms with van der Waals surface area (Å²) < 4.78 is 19.7. The first kappa shape index (κ1) is 17.8. The van der Waals surface area contributed by atoms with Crippen molar-refractivity contribution in [1.29, 1.82) is 0 Å². The fourth-order valence-electron chi connectivity index (χ4n) is 2.75. The molecule has 7 heteroatoms. The zero-order valence-electron chi connectivity index (χ0n) is 14.4. The van der Waals surface area contributed by atoms with Crippen LogP contribution in [0.5, 0.6) is 0 Å². The van der Waals surface area contributed by atoms with Crippen molar-refractivity contribution in [3.63, 3.8) is 0 Å². The summed E-state index contributed by atoms with van der Waals surface area (Å²) in [5, 5.41) is 5.87. The highest BCUT2D eigenvalue weighted by Gasteiger charge is 2.18. The minimum absolute atomic E-state index is 0.217. The summed E-state index contributed by atoms with van der Waals surface area (Å²) in [5.41, 5.74) is 1.66. The standard InChI is InChI=1S/C18H22FN3O2S/c1-3-17-21-15(11-25-17)12(2)20-18(23)13-4-5-16(14(19)10-13)22-6-8-24-9-7-22/h4-5,10-12H,3,6-9H2,1-2H3,(H,20,23)/t12-/m0/s1. The molecule has 1 aliphatic heterocycles. The Kier molecular flexibility index (Phi) is 5.65. The molecule has 2 aromatic rings. The average molecular weight is 363 g/mol. The van der Waals surface area contributed by atoms with Gasteiger partial charge in [0, 0.05) is 24.0 Å². The molecule has 134 valence electrons. The van der Waals surface area contributed by atoms with E-state index in [0.29, 0.717) is 37.6 Å². The van der Waals surface area contributed by atoms with Gasteiger partial charge in [0.1, 0.15) is 5.82 Å². The summed E-state index contributed by atoms with van der Waals surface area (Å²) in [6, 6.07) is 4.41. The molecule has 2 heterocycles. The molecule has 0 radical (unpaired) electrons. The molecule has 1 saturated heterocycles. The van der Waals surface area contributed by atoms with E-state index in [1.807, 2.05) is 24.1 Å². The smallest absolute Gasteiger partial charge is 0.251 e. The number of aromatic nitrogens is 1. The molecular formula is C18H22FN3O2S. The number of benzene rings is 1. The van der Waals surface area contributed by atoms with Gasteiger partial charge < -0.3 is 15.0 Å². The maximum Gasteiger partial charge on any atom is 0.251 e. The normalized spacial score (nSPS) is 15.9. The second-order valence-corrected chi connectivity index (χ2v) is 6.92. The summed E-state index contributed by atoms with van der Waals surface area (Å²) in [6.07, 6.45) is 0.875. The molecular weight excluding hydrogens is 341 g/mol. The first-order valence-electron chi connectivity index (χ1n) is 8.46. The van der Waals surface area contributed by atoms with Crippen LogP contribution in [-0.4, -0.2) is 37.2 Å². The molecule has 0 bridgehead atoms. The zero-order valence-corrected chi connectivity index (χ0v) is 15.2. The number of ether oxygens (including phenoxy) is 1. The number of nitrogens with one attached hydrogen (secondary N) is 1. The SMILES string of the molecule is CCc1nc([C@H](C)NC(=O)c2ccc(N3CCOCC3)c(F)c2)cs1. The molecule has 1 atom stereocenters. The molecule has 0 unspecified atom stereocenters. The lowest BCUT2D eigenvalue weighted by Gasteiger charge is -2.29. The predicted molar refractivity (Wildman–Crippen MR) is 96.8 cm³/mol. The number of hydrogen-bond acceptors (Lipinski definition) is 5. The van der Waals surface area contributed by atoms with Gasteiger partial charge in [-0.1, -0.05) is 6.92 Å². The number of rotatable bonds is 5. The van der Waals surface area contributed by atoms with Gasteiger partial charge in [-0.25, -0.2) is 9.37 Å². The minimum atomic E-state index is -0.385. The Morgan fingerprint density at radius 1 is 1.44 bits per heavy atom. The van der Waals surface area contributed by atoms with Crippen molar-refractivity contribution in [2.75, 3.05) is 31.2 Å². The second kappa shape index (κ2) is 7.93. The summed E-state index contributed by atoms with van der Waals surface area (Å²) >= 11 is 1.58. The Morgan fingerprint density at radius 2 is 2.20 bits per heavy atom. The number of nitrogens with zero attached hydrogens (tertiary/aromatic N) is 2. The van der Waals surface area contributed by atoms with Crippen LogP contribution in [0.15, 0.2) is 23.6 Å². The Morgan fingerprint density at radius 3 is 2.84 bits per heavy atom. The first-order chi connectivity index (χ1) is 12.1. The largest absolute Gasteiger partial charge is 0.378 e. The van der Waals surface area contributed by atoms with E-state index in [9.17, 15) is 9.18 Å². The van der Waals surface area contributed by atoms with E-state index in [2.05, 4.69) is 10.3 Å². The molecule has 1 aromatic carbocycles. The van der Waals surface area contributed by atoms with Crippen LogP contribution in [0.2, 0.25) is 0 Å². The van der Waals surface area contributed by atoms with Crippen LogP contribution in [0.25, 0.3) is 0 Å². The molecule has 1 aromatic heterocycles. The van der Waals surface area contributed by atoms with Gasteiger partial charge in [-0.15, -0.1) is 11.3 Å². The number of anilines is 1. The number of amides is 1. The number of thiazole rings is 1. The zero-order chi connectivity index (χ0) is 17.8. The quantitative estimate of drug-likeness (QED) is 0.887. The first-order valence-corrected chi connectivity index (χ1v) is 9.34. The van der Waals surface area contributed by atoms with E-state index in [4.69, 9.17) is 4.74 Å². The van der Waals surface area contributed by atoms with Gasteiger partial charge in [-0.3, -0.25) is 4.79 Å². The summed E-state index contributed by atoms with van der Waals surface area (Å²) in [6.45, 7) is 6.42. The van der Waals surface area contributed by atoms with Gasteiger partial charge in [0.25, 0.3) is 5.91 Å². The Labute approximate surface area is 150 Å². The maximum absolute atomic E-state index is 14.4. The van der Waals surface area contributed by atoms with Crippen molar-refractivity contribution < 1.29 is 13.9 Å². The molecule has 1 fully saturated rings. The van der Waals surface area contributed by atoms with Gasteiger partial charge in [-0.2, -0.15) is 0 Å². The van der Waals surface area contributed by atoms with Gasteiger partial charge in [0.05, 0.1) is 35.6 Å². The van der Waals surface area contributed by atoms with Gasteiger partial charge in [-0.05, 0) is 31.5 Å². The lowest BCUT2D eigenvalue weighted by Crippen LogP contribution is -2.36. The Balaban J connectivity index is 1.68. The van der Waals surface area contributed by atoms with E-state index >= 15 is 0 Å². The third-order valence-electron chi connectivity index (χ3n) is 4.22. The minimum Gasteiger partial charge on any atom is -0.378 e. The third-order valence-corrected chi connectivity index (χ3v) is 5.24. The third kappa shape index (κ3) is 4.16. The van der Waals surface area contributed by atoms with Crippen molar-refractivity contribution >= 4 is 22.9 Å². The van der Waals surface area contributed by atoms with Gasteiger partial charge in [0.15, 0.2) is 0 Å². The van der Waals surface area contributed by atoms with Crippen LogP contribution < -0.4 is 10.2 Å². The molecule has 3 rings (SSSR count). The lowest BCUT2D eigenvalue weighted by molar-refractivity contribution is 0.0938.